The molecule has 0 aliphatic carbocycles. The quantitative estimate of drug-likeness (QED) is 0.384. The lowest BCUT2D eigenvalue weighted by Gasteiger charge is -2.15. The molecule has 1 N–H and O–H groups in total. The van der Waals surface area contributed by atoms with E-state index in [2.05, 4.69) is 10.1 Å². The molecule has 9 nitrogen and oxygen atoms in total. The van der Waals surface area contributed by atoms with Gasteiger partial charge in [-0.15, -0.1) is 0 Å². The maximum absolute atomic E-state index is 13.4. The second-order valence-electron chi connectivity index (χ2n) is 8.13. The number of rotatable bonds is 7. The van der Waals surface area contributed by atoms with E-state index in [-0.39, 0.29) is 0 Å². The molecule has 0 aliphatic heterocycles. The van der Waals surface area contributed by atoms with Crippen LogP contribution in [0.1, 0.15) is 18.1 Å². The zero-order valence-corrected chi connectivity index (χ0v) is 19.5. The molecule has 5 rings (SSSR count). The van der Waals surface area contributed by atoms with Crippen molar-refractivity contribution in [1.82, 2.24) is 23.9 Å². The lowest BCUT2D eigenvalue weighted by Crippen LogP contribution is -2.48. The summed E-state index contributed by atoms with van der Waals surface area (Å²) in [6.07, 6.45) is 4.58. The predicted octanol–water partition coefficient (Wildman–Crippen LogP) is 3.28. The van der Waals surface area contributed by atoms with Crippen molar-refractivity contribution in [2.24, 2.45) is 0 Å². The summed E-state index contributed by atoms with van der Waals surface area (Å²) in [5, 5.41) is 4.41. The molecule has 0 unspecified atom stereocenters. The Balaban J connectivity index is 1.64. The van der Waals surface area contributed by atoms with Crippen molar-refractivity contribution in [2.45, 2.75) is 19.9 Å². The second-order valence-corrected chi connectivity index (χ2v) is 8.13. The first-order valence-electron chi connectivity index (χ1n) is 11.4. The molecule has 0 saturated carbocycles. The minimum absolute atomic E-state index is 0.296. The third-order valence-corrected chi connectivity index (χ3v) is 5.72. The Bertz CT molecular complexity index is 1680. The van der Waals surface area contributed by atoms with E-state index in [0.717, 1.165) is 21.1 Å². The van der Waals surface area contributed by atoms with Gasteiger partial charge in [-0.25, -0.2) is 23.5 Å². The smallest absolute Gasteiger partial charge is 0.345 e. The fourth-order valence-electron chi connectivity index (χ4n) is 3.90. The fraction of sp³-hybridized carbons (Fsp3) is 0.111. The van der Waals surface area contributed by atoms with Crippen LogP contribution in [0.4, 0.5) is 0 Å². The van der Waals surface area contributed by atoms with Gasteiger partial charge in [0, 0.05) is 11.8 Å². The van der Waals surface area contributed by atoms with Crippen LogP contribution < -0.4 is 21.8 Å². The van der Waals surface area contributed by atoms with Crippen LogP contribution in [-0.4, -0.2) is 23.9 Å². The summed E-state index contributed by atoms with van der Waals surface area (Å²) >= 11 is 0. The van der Waals surface area contributed by atoms with Crippen molar-refractivity contribution < 1.29 is 4.74 Å². The molecule has 0 aliphatic rings. The van der Waals surface area contributed by atoms with Gasteiger partial charge in [0.15, 0.2) is 0 Å². The van der Waals surface area contributed by atoms with Crippen molar-refractivity contribution in [3.05, 3.63) is 134 Å². The van der Waals surface area contributed by atoms with Gasteiger partial charge in [0.05, 0.1) is 24.1 Å². The first-order chi connectivity index (χ1) is 17.5. The zero-order chi connectivity index (χ0) is 25.1. The number of nitrogens with zero attached hydrogens (tertiary/aromatic N) is 4. The van der Waals surface area contributed by atoms with Crippen molar-refractivity contribution in [3.8, 4) is 22.9 Å². The van der Waals surface area contributed by atoms with E-state index in [4.69, 9.17) is 4.74 Å². The van der Waals surface area contributed by atoms with Crippen LogP contribution in [0.5, 0.6) is 11.5 Å². The van der Waals surface area contributed by atoms with Gasteiger partial charge < -0.3 is 4.74 Å². The molecular formula is C27H23N5O4. The molecule has 0 fully saturated rings. The van der Waals surface area contributed by atoms with Crippen LogP contribution in [0.2, 0.25) is 0 Å². The number of hydrogen-bond donors (Lipinski definition) is 1. The molecule has 0 saturated heterocycles. The normalized spacial score (nSPS) is 10.9. The largest absolute Gasteiger partial charge is 0.457 e. The maximum Gasteiger partial charge on any atom is 0.345 e. The highest BCUT2D eigenvalue weighted by atomic mass is 16.5. The standard InChI is InChI=1S/C27H23N5O4/c1-2-19-16-28-30(17-19)18-20-15-22(13-14-24(20)36-23-11-7-4-8-12-23)32-26(34)29-25(33)31(27(32)35)21-9-5-3-6-10-21/h3-17H,2,18H2,1H3,(H,29,33,34). The summed E-state index contributed by atoms with van der Waals surface area (Å²) in [5.41, 5.74) is 0.0253. The Morgan fingerprint density at radius 2 is 1.50 bits per heavy atom. The third-order valence-electron chi connectivity index (χ3n) is 5.72. The van der Waals surface area contributed by atoms with Crippen LogP contribution in [0, 0.1) is 0 Å². The average Bonchev–Trinajstić information content (AvgIpc) is 3.34. The Kier molecular flexibility index (Phi) is 6.19. The molecule has 2 heterocycles. The minimum atomic E-state index is -0.827. The van der Waals surface area contributed by atoms with E-state index in [0.29, 0.717) is 35.0 Å². The molecule has 5 aromatic rings. The highest BCUT2D eigenvalue weighted by Crippen LogP contribution is 2.27. The van der Waals surface area contributed by atoms with E-state index >= 15 is 0 Å². The topological polar surface area (TPSA) is 104 Å². The lowest BCUT2D eigenvalue weighted by molar-refractivity contribution is 0.472. The van der Waals surface area contributed by atoms with Gasteiger partial charge in [0.1, 0.15) is 11.5 Å². The second kappa shape index (κ2) is 9.75. The minimum Gasteiger partial charge on any atom is -0.457 e. The van der Waals surface area contributed by atoms with Crippen molar-refractivity contribution >= 4 is 0 Å². The summed E-state index contributed by atoms with van der Waals surface area (Å²) in [7, 11) is 0. The Morgan fingerprint density at radius 3 is 2.17 bits per heavy atom. The van der Waals surface area contributed by atoms with Crippen molar-refractivity contribution in [2.75, 3.05) is 0 Å². The third kappa shape index (κ3) is 4.54. The van der Waals surface area contributed by atoms with E-state index < -0.39 is 17.1 Å². The lowest BCUT2D eigenvalue weighted by atomic mass is 10.1. The van der Waals surface area contributed by atoms with E-state index in [9.17, 15) is 14.4 Å². The van der Waals surface area contributed by atoms with Crippen LogP contribution in [0.3, 0.4) is 0 Å². The van der Waals surface area contributed by atoms with Crippen LogP contribution in [-0.2, 0) is 13.0 Å². The summed E-state index contributed by atoms with van der Waals surface area (Å²) in [6.45, 7) is 2.40. The van der Waals surface area contributed by atoms with Crippen molar-refractivity contribution in [1.29, 1.82) is 0 Å². The number of aromatic nitrogens is 5. The Morgan fingerprint density at radius 1 is 0.833 bits per heavy atom. The number of para-hydroxylation sites is 2. The number of H-pyrrole nitrogens is 1. The van der Waals surface area contributed by atoms with Crippen LogP contribution in [0.15, 0.2) is 106 Å². The summed E-state index contributed by atoms with van der Waals surface area (Å²) in [6, 6.07) is 22.8. The summed E-state index contributed by atoms with van der Waals surface area (Å²) in [5.74, 6) is 1.20. The van der Waals surface area contributed by atoms with Gasteiger partial charge in [-0.1, -0.05) is 43.3 Å². The Hall–Kier alpha value is -4.92. The molecule has 0 bridgehead atoms. The zero-order valence-electron chi connectivity index (χ0n) is 19.5. The van der Waals surface area contributed by atoms with Gasteiger partial charge in [0.2, 0.25) is 0 Å². The maximum atomic E-state index is 13.4. The molecule has 9 heteroatoms. The van der Waals surface area contributed by atoms with Gasteiger partial charge in [-0.3, -0.25) is 9.67 Å². The molecule has 0 amide bonds. The average molecular weight is 482 g/mol. The Labute approximate surface area is 205 Å². The van der Waals surface area contributed by atoms with Gasteiger partial charge in [0.25, 0.3) is 0 Å². The van der Waals surface area contributed by atoms with E-state index in [1.165, 1.54) is 0 Å². The van der Waals surface area contributed by atoms with E-state index in [1.807, 2.05) is 43.5 Å². The number of nitrogens with one attached hydrogen (secondary N) is 1. The van der Waals surface area contributed by atoms with Crippen LogP contribution >= 0.6 is 0 Å². The number of aromatic amines is 1. The molecule has 3 aromatic carbocycles. The van der Waals surface area contributed by atoms with Gasteiger partial charge in [-0.05, 0) is 54.4 Å². The number of aryl methyl sites for hydroxylation is 1. The van der Waals surface area contributed by atoms with Gasteiger partial charge in [-0.2, -0.15) is 5.10 Å². The van der Waals surface area contributed by atoms with Crippen LogP contribution in [0.25, 0.3) is 11.4 Å². The van der Waals surface area contributed by atoms with Gasteiger partial charge >= 0.3 is 17.1 Å². The monoisotopic (exact) mass is 481 g/mol. The molecule has 0 atom stereocenters. The molecule has 0 radical (unpaired) electrons. The SMILES string of the molecule is CCc1cnn(Cc2cc(-n3c(=O)[nH]c(=O)n(-c4ccccc4)c3=O)ccc2Oc2ccccc2)c1. The van der Waals surface area contributed by atoms with Crippen molar-refractivity contribution in [3.63, 3.8) is 0 Å². The molecule has 2 aromatic heterocycles. The summed E-state index contributed by atoms with van der Waals surface area (Å²) < 4.78 is 9.74. The summed E-state index contributed by atoms with van der Waals surface area (Å²) in [4.78, 5) is 40.9. The molecule has 36 heavy (non-hydrogen) atoms. The molecule has 0 spiro atoms. The first kappa shape index (κ1) is 22.9. The van der Waals surface area contributed by atoms with E-state index in [1.54, 1.807) is 59.4 Å². The highest BCUT2D eigenvalue weighted by molar-refractivity contribution is 5.46. The number of hydrogen-bond acceptors (Lipinski definition) is 5. The predicted molar refractivity (Wildman–Crippen MR) is 135 cm³/mol. The highest BCUT2D eigenvalue weighted by Gasteiger charge is 2.16. The fourth-order valence-corrected chi connectivity index (χ4v) is 3.90. The number of ether oxygens (including phenoxy) is 1. The number of benzene rings is 3. The molecule has 180 valence electrons. The first-order valence-corrected chi connectivity index (χ1v) is 11.4. The molecular weight excluding hydrogens is 458 g/mol.